The normalized spacial score (nSPS) is 12.2. The van der Waals surface area contributed by atoms with Crippen LogP contribution in [0.2, 0.25) is 0 Å². The van der Waals surface area contributed by atoms with Crippen LogP contribution in [0.5, 0.6) is 0 Å². The van der Waals surface area contributed by atoms with Crippen LogP contribution in [0.1, 0.15) is 24.2 Å². The van der Waals surface area contributed by atoms with Crippen LogP contribution in [0.25, 0.3) is 0 Å². The number of carbonyl (C=O) groups is 2. The molecule has 1 amide bonds. The zero-order valence-corrected chi connectivity index (χ0v) is 9.61. The number of halogens is 1. The summed E-state index contributed by atoms with van der Waals surface area (Å²) in [5, 5.41) is 11.2. The minimum atomic E-state index is -1.13. The van der Waals surface area contributed by atoms with E-state index in [4.69, 9.17) is 5.11 Å². The molecule has 0 spiro atoms. The van der Waals surface area contributed by atoms with Crippen LogP contribution in [0.15, 0.2) is 24.3 Å². The molecule has 2 N–H and O–H groups in total. The highest BCUT2D eigenvalue weighted by Crippen LogP contribution is 2.08. The van der Waals surface area contributed by atoms with Crippen molar-refractivity contribution in [2.75, 3.05) is 0 Å². The number of carboxylic acids is 1. The lowest BCUT2D eigenvalue weighted by atomic mass is 10.0. The van der Waals surface area contributed by atoms with E-state index in [2.05, 4.69) is 5.32 Å². The molecule has 0 heterocycles. The smallest absolute Gasteiger partial charge is 0.326 e. The number of rotatable bonds is 4. The van der Waals surface area contributed by atoms with Crippen LogP contribution < -0.4 is 5.32 Å². The van der Waals surface area contributed by atoms with Crippen LogP contribution in [-0.2, 0) is 4.79 Å². The Bertz CT molecular complexity index is 432. The van der Waals surface area contributed by atoms with E-state index in [1.165, 1.54) is 18.2 Å². The molecule has 0 radical (unpaired) electrons. The molecular formula is C12H14FNO3. The first-order valence-electron chi connectivity index (χ1n) is 5.21. The van der Waals surface area contributed by atoms with Gasteiger partial charge in [-0.15, -0.1) is 0 Å². The van der Waals surface area contributed by atoms with Crippen molar-refractivity contribution >= 4 is 11.9 Å². The van der Waals surface area contributed by atoms with Crippen LogP contribution >= 0.6 is 0 Å². The lowest BCUT2D eigenvalue weighted by Crippen LogP contribution is -2.44. The van der Waals surface area contributed by atoms with Crippen molar-refractivity contribution < 1.29 is 19.1 Å². The van der Waals surface area contributed by atoms with Gasteiger partial charge in [-0.3, -0.25) is 4.79 Å². The fourth-order valence-electron chi connectivity index (χ4n) is 1.38. The third-order valence-corrected chi connectivity index (χ3v) is 2.34. The van der Waals surface area contributed by atoms with Gasteiger partial charge in [0.1, 0.15) is 11.9 Å². The molecule has 1 rings (SSSR count). The summed E-state index contributed by atoms with van der Waals surface area (Å²) in [4.78, 5) is 22.6. The van der Waals surface area contributed by atoms with Gasteiger partial charge in [0.25, 0.3) is 5.91 Å². The fraction of sp³-hybridized carbons (Fsp3) is 0.333. The Labute approximate surface area is 98.5 Å². The van der Waals surface area contributed by atoms with Crippen LogP contribution in [0.4, 0.5) is 4.39 Å². The summed E-state index contributed by atoms with van der Waals surface area (Å²) in [6, 6.07) is 4.41. The second-order valence-corrected chi connectivity index (χ2v) is 4.01. The van der Waals surface area contributed by atoms with E-state index in [1.807, 2.05) is 0 Å². The Hall–Kier alpha value is -1.91. The van der Waals surface area contributed by atoms with Gasteiger partial charge in [-0.25, -0.2) is 9.18 Å². The molecular weight excluding hydrogens is 225 g/mol. The van der Waals surface area contributed by atoms with Crippen molar-refractivity contribution in [3.05, 3.63) is 35.6 Å². The molecule has 17 heavy (non-hydrogen) atoms. The first kappa shape index (κ1) is 13.2. The quantitative estimate of drug-likeness (QED) is 0.839. The third-order valence-electron chi connectivity index (χ3n) is 2.34. The minimum absolute atomic E-state index is 0.153. The number of amides is 1. The van der Waals surface area contributed by atoms with Gasteiger partial charge < -0.3 is 10.4 Å². The van der Waals surface area contributed by atoms with Crippen molar-refractivity contribution in [3.63, 3.8) is 0 Å². The van der Waals surface area contributed by atoms with Crippen molar-refractivity contribution in [3.8, 4) is 0 Å². The van der Waals surface area contributed by atoms with Gasteiger partial charge in [-0.1, -0.05) is 26.0 Å². The van der Waals surface area contributed by atoms with Crippen LogP contribution in [-0.4, -0.2) is 23.0 Å². The number of hydrogen-bond donors (Lipinski definition) is 2. The summed E-state index contributed by atoms with van der Waals surface area (Å²) in [6.45, 7) is 3.33. The van der Waals surface area contributed by atoms with Crippen LogP contribution in [0, 0.1) is 11.7 Å². The average Bonchev–Trinajstić information content (AvgIpc) is 2.25. The molecule has 0 aliphatic heterocycles. The Balaban J connectivity index is 2.85. The molecule has 0 bridgehead atoms. The van der Waals surface area contributed by atoms with Gasteiger partial charge >= 0.3 is 5.97 Å². The van der Waals surface area contributed by atoms with Gasteiger partial charge in [0.2, 0.25) is 0 Å². The van der Waals surface area contributed by atoms with Gasteiger partial charge in [-0.05, 0) is 18.1 Å². The van der Waals surface area contributed by atoms with Crippen molar-refractivity contribution in [2.45, 2.75) is 19.9 Å². The van der Waals surface area contributed by atoms with E-state index in [0.717, 1.165) is 6.07 Å². The molecule has 0 aliphatic carbocycles. The maximum Gasteiger partial charge on any atom is 0.326 e. The van der Waals surface area contributed by atoms with Gasteiger partial charge in [0.15, 0.2) is 0 Å². The highest BCUT2D eigenvalue weighted by atomic mass is 19.1. The lowest BCUT2D eigenvalue weighted by molar-refractivity contribution is -0.140. The molecule has 1 atom stereocenters. The Morgan fingerprint density at radius 1 is 1.29 bits per heavy atom. The average molecular weight is 239 g/mol. The van der Waals surface area contributed by atoms with Gasteiger partial charge in [0.05, 0.1) is 5.56 Å². The molecule has 0 aromatic heterocycles. The van der Waals surface area contributed by atoms with Gasteiger partial charge in [0, 0.05) is 0 Å². The largest absolute Gasteiger partial charge is 0.480 e. The number of nitrogens with one attached hydrogen (secondary N) is 1. The summed E-state index contributed by atoms with van der Waals surface area (Å²) in [6.07, 6.45) is 0. The summed E-state index contributed by atoms with van der Waals surface area (Å²) in [7, 11) is 0. The van der Waals surface area contributed by atoms with Crippen molar-refractivity contribution in [2.24, 2.45) is 5.92 Å². The molecule has 0 fully saturated rings. The second-order valence-electron chi connectivity index (χ2n) is 4.01. The van der Waals surface area contributed by atoms with E-state index in [1.54, 1.807) is 13.8 Å². The number of carboxylic acid groups (broad SMARTS) is 1. The molecule has 1 aromatic carbocycles. The lowest BCUT2D eigenvalue weighted by Gasteiger charge is -2.17. The minimum Gasteiger partial charge on any atom is -0.480 e. The SMILES string of the molecule is CC(C)C(NC(=O)c1ccccc1F)C(=O)O. The first-order valence-corrected chi connectivity index (χ1v) is 5.21. The maximum atomic E-state index is 13.3. The van der Waals surface area contributed by atoms with E-state index < -0.39 is 23.7 Å². The number of hydrogen-bond acceptors (Lipinski definition) is 2. The molecule has 0 aliphatic rings. The third kappa shape index (κ3) is 3.27. The summed E-state index contributed by atoms with van der Waals surface area (Å²) in [5.41, 5.74) is -0.153. The summed E-state index contributed by atoms with van der Waals surface area (Å²) < 4.78 is 13.3. The Morgan fingerprint density at radius 3 is 2.35 bits per heavy atom. The topological polar surface area (TPSA) is 66.4 Å². The molecule has 1 unspecified atom stereocenters. The zero-order chi connectivity index (χ0) is 13.0. The van der Waals surface area contributed by atoms with E-state index in [0.29, 0.717) is 0 Å². The van der Waals surface area contributed by atoms with Gasteiger partial charge in [-0.2, -0.15) is 0 Å². The van der Waals surface area contributed by atoms with Crippen LogP contribution in [0.3, 0.4) is 0 Å². The number of aliphatic carboxylic acids is 1. The Kier molecular flexibility index (Phi) is 4.20. The predicted octanol–water partition coefficient (Wildman–Crippen LogP) is 1.66. The highest BCUT2D eigenvalue weighted by Gasteiger charge is 2.24. The van der Waals surface area contributed by atoms with E-state index in [-0.39, 0.29) is 11.5 Å². The summed E-state index contributed by atoms with van der Waals surface area (Å²) in [5.74, 6) is -2.80. The first-order chi connectivity index (χ1) is 7.93. The number of benzene rings is 1. The standard InChI is InChI=1S/C12H14FNO3/c1-7(2)10(12(16)17)14-11(15)8-5-3-4-6-9(8)13/h3-7,10H,1-2H3,(H,14,15)(H,16,17). The zero-order valence-electron chi connectivity index (χ0n) is 9.61. The molecule has 1 aromatic rings. The molecule has 0 saturated carbocycles. The second kappa shape index (κ2) is 5.43. The highest BCUT2D eigenvalue weighted by molar-refractivity contribution is 5.96. The predicted molar refractivity (Wildman–Crippen MR) is 60.1 cm³/mol. The fourth-order valence-corrected chi connectivity index (χ4v) is 1.38. The summed E-state index contributed by atoms with van der Waals surface area (Å²) >= 11 is 0. The molecule has 92 valence electrons. The molecule has 5 heteroatoms. The van der Waals surface area contributed by atoms with Crippen molar-refractivity contribution in [1.29, 1.82) is 0 Å². The maximum absolute atomic E-state index is 13.3. The van der Waals surface area contributed by atoms with E-state index in [9.17, 15) is 14.0 Å². The monoisotopic (exact) mass is 239 g/mol. The molecule has 0 saturated heterocycles. The number of carbonyl (C=O) groups excluding carboxylic acids is 1. The molecule has 4 nitrogen and oxygen atoms in total. The Morgan fingerprint density at radius 2 is 1.88 bits per heavy atom. The van der Waals surface area contributed by atoms with E-state index >= 15 is 0 Å². The van der Waals surface area contributed by atoms with Crippen molar-refractivity contribution in [1.82, 2.24) is 5.32 Å².